The zero-order chi connectivity index (χ0) is 18.4. The monoisotopic (exact) mass is 373 g/mol. The molecule has 7 heteroatoms. The molecule has 1 N–H and O–H groups in total. The molecule has 2 heterocycles. The fourth-order valence-corrected chi connectivity index (χ4v) is 2.99. The molecule has 6 nitrogen and oxygen atoms in total. The molecule has 0 bridgehead atoms. The van der Waals surface area contributed by atoms with Crippen LogP contribution < -0.4 is 10.2 Å². The van der Waals surface area contributed by atoms with Gasteiger partial charge >= 0.3 is 5.97 Å². The van der Waals surface area contributed by atoms with Crippen LogP contribution in [0.1, 0.15) is 29.8 Å². The number of halogens is 1. The zero-order valence-electron chi connectivity index (χ0n) is 14.3. The number of amides is 1. The maximum atomic E-state index is 12.0. The molecule has 26 heavy (non-hydrogen) atoms. The Morgan fingerprint density at radius 3 is 2.54 bits per heavy atom. The first kappa shape index (κ1) is 18.2. The van der Waals surface area contributed by atoms with Gasteiger partial charge in [0.15, 0.2) is 6.61 Å². The second-order valence-corrected chi connectivity index (χ2v) is 6.51. The van der Waals surface area contributed by atoms with E-state index in [0.29, 0.717) is 10.7 Å². The van der Waals surface area contributed by atoms with Crippen molar-refractivity contribution in [3.63, 3.8) is 0 Å². The number of nitrogens with zero attached hydrogens (tertiary/aromatic N) is 2. The number of aromatic nitrogens is 1. The van der Waals surface area contributed by atoms with Crippen molar-refractivity contribution in [2.75, 3.05) is 29.9 Å². The van der Waals surface area contributed by atoms with E-state index in [-0.39, 0.29) is 12.3 Å². The maximum absolute atomic E-state index is 12.0. The first-order valence-corrected chi connectivity index (χ1v) is 8.93. The molecule has 2 aromatic rings. The Hall–Kier alpha value is -2.60. The lowest BCUT2D eigenvalue weighted by molar-refractivity contribution is -0.119. The summed E-state index contributed by atoms with van der Waals surface area (Å²) in [5, 5.41) is 3.09. The molecule has 0 saturated carbocycles. The SMILES string of the molecule is O=C(COC(=O)c1cc(Cl)ccn1)Nc1ccc(N2CCCCC2)cc1. The number of hydrogen-bond donors (Lipinski definition) is 1. The molecule has 1 aromatic carbocycles. The molecule has 1 aliphatic heterocycles. The summed E-state index contributed by atoms with van der Waals surface area (Å²) in [4.78, 5) is 30.0. The first-order valence-electron chi connectivity index (χ1n) is 8.55. The van der Waals surface area contributed by atoms with Gasteiger partial charge in [-0.15, -0.1) is 0 Å². The van der Waals surface area contributed by atoms with Gasteiger partial charge in [0.2, 0.25) is 0 Å². The van der Waals surface area contributed by atoms with Crippen LogP contribution in [0.5, 0.6) is 0 Å². The summed E-state index contributed by atoms with van der Waals surface area (Å²) in [6.07, 6.45) is 5.12. The van der Waals surface area contributed by atoms with Gasteiger partial charge in [0.1, 0.15) is 5.69 Å². The second-order valence-electron chi connectivity index (χ2n) is 6.08. The largest absolute Gasteiger partial charge is 0.451 e. The fraction of sp³-hybridized carbons (Fsp3) is 0.316. The molecular weight excluding hydrogens is 354 g/mol. The third kappa shape index (κ3) is 4.95. The summed E-state index contributed by atoms with van der Waals surface area (Å²) in [6.45, 7) is 1.75. The number of hydrogen-bond acceptors (Lipinski definition) is 5. The molecule has 0 spiro atoms. The van der Waals surface area contributed by atoms with Crippen LogP contribution in [-0.4, -0.2) is 36.6 Å². The van der Waals surface area contributed by atoms with Crippen molar-refractivity contribution in [1.29, 1.82) is 0 Å². The Morgan fingerprint density at radius 2 is 1.85 bits per heavy atom. The molecule has 1 saturated heterocycles. The number of piperidine rings is 1. The zero-order valence-corrected chi connectivity index (χ0v) is 15.0. The Labute approximate surface area is 157 Å². The van der Waals surface area contributed by atoms with E-state index >= 15 is 0 Å². The number of carbonyl (C=O) groups is 2. The lowest BCUT2D eigenvalue weighted by atomic mass is 10.1. The van der Waals surface area contributed by atoms with E-state index in [2.05, 4.69) is 15.2 Å². The summed E-state index contributed by atoms with van der Waals surface area (Å²) in [5.41, 5.74) is 1.88. The van der Waals surface area contributed by atoms with Gasteiger partial charge in [0.25, 0.3) is 5.91 Å². The number of benzene rings is 1. The average Bonchev–Trinajstić information content (AvgIpc) is 2.67. The number of carbonyl (C=O) groups excluding carboxylic acids is 2. The standard InChI is InChI=1S/C19H20ClN3O3/c20-14-8-9-21-17(12-14)19(25)26-13-18(24)22-15-4-6-16(7-5-15)23-10-2-1-3-11-23/h4-9,12H,1-3,10-11,13H2,(H,22,24). The van der Waals surface area contributed by atoms with Gasteiger partial charge in [-0.05, 0) is 55.7 Å². The highest BCUT2D eigenvalue weighted by Gasteiger charge is 2.13. The fourth-order valence-electron chi connectivity index (χ4n) is 2.83. The van der Waals surface area contributed by atoms with Crippen LogP contribution in [0.3, 0.4) is 0 Å². The molecule has 0 aliphatic carbocycles. The van der Waals surface area contributed by atoms with E-state index in [1.54, 1.807) is 6.07 Å². The predicted molar refractivity (Wildman–Crippen MR) is 101 cm³/mol. The molecule has 1 amide bonds. The van der Waals surface area contributed by atoms with Gasteiger partial charge in [-0.25, -0.2) is 9.78 Å². The van der Waals surface area contributed by atoms with Crippen LogP contribution in [0.4, 0.5) is 11.4 Å². The first-order chi connectivity index (χ1) is 12.6. The highest BCUT2D eigenvalue weighted by atomic mass is 35.5. The quantitative estimate of drug-likeness (QED) is 0.812. The van der Waals surface area contributed by atoms with E-state index in [1.807, 2.05) is 24.3 Å². The molecule has 0 unspecified atom stereocenters. The van der Waals surface area contributed by atoms with Gasteiger partial charge in [0.05, 0.1) is 0 Å². The third-order valence-electron chi connectivity index (χ3n) is 4.14. The van der Waals surface area contributed by atoms with Crippen LogP contribution in [-0.2, 0) is 9.53 Å². The normalized spacial score (nSPS) is 14.0. The minimum Gasteiger partial charge on any atom is -0.451 e. The number of anilines is 2. The van der Waals surface area contributed by atoms with Gasteiger partial charge in [-0.3, -0.25) is 4.79 Å². The van der Waals surface area contributed by atoms with Gasteiger partial charge < -0.3 is 15.0 Å². The van der Waals surface area contributed by atoms with Gasteiger partial charge in [-0.2, -0.15) is 0 Å². The molecule has 3 rings (SSSR count). The van der Waals surface area contributed by atoms with Crippen LogP contribution in [0, 0.1) is 0 Å². The molecule has 0 atom stereocenters. The smallest absolute Gasteiger partial charge is 0.357 e. The molecule has 1 aromatic heterocycles. The Bertz CT molecular complexity index is 774. The summed E-state index contributed by atoms with van der Waals surface area (Å²) >= 11 is 5.80. The number of nitrogens with one attached hydrogen (secondary N) is 1. The second kappa shape index (κ2) is 8.67. The minimum absolute atomic E-state index is 0.0659. The third-order valence-corrected chi connectivity index (χ3v) is 4.37. The van der Waals surface area contributed by atoms with Crippen molar-refractivity contribution in [3.8, 4) is 0 Å². The number of pyridine rings is 1. The van der Waals surface area contributed by atoms with E-state index in [0.717, 1.165) is 18.8 Å². The Balaban J connectivity index is 1.49. The summed E-state index contributed by atoms with van der Waals surface area (Å²) in [5.74, 6) is -1.10. The van der Waals surface area contributed by atoms with E-state index in [4.69, 9.17) is 16.3 Å². The van der Waals surface area contributed by atoms with Crippen molar-refractivity contribution >= 4 is 34.9 Å². The number of esters is 1. The summed E-state index contributed by atoms with van der Waals surface area (Å²) in [6, 6.07) is 10.6. The average molecular weight is 374 g/mol. The van der Waals surface area contributed by atoms with E-state index < -0.39 is 11.9 Å². The van der Waals surface area contributed by atoms with Gasteiger partial charge in [0, 0.05) is 35.7 Å². The lowest BCUT2D eigenvalue weighted by Crippen LogP contribution is -2.29. The minimum atomic E-state index is -0.692. The Morgan fingerprint density at radius 1 is 1.12 bits per heavy atom. The van der Waals surface area contributed by atoms with Crippen molar-refractivity contribution in [2.45, 2.75) is 19.3 Å². The number of ether oxygens (including phenoxy) is 1. The van der Waals surface area contributed by atoms with Crippen molar-refractivity contribution in [2.24, 2.45) is 0 Å². The highest BCUT2D eigenvalue weighted by Crippen LogP contribution is 2.21. The topological polar surface area (TPSA) is 71.5 Å². The molecule has 1 fully saturated rings. The van der Waals surface area contributed by atoms with Crippen LogP contribution in [0.15, 0.2) is 42.6 Å². The van der Waals surface area contributed by atoms with Crippen LogP contribution in [0.2, 0.25) is 5.02 Å². The Kier molecular flexibility index (Phi) is 6.07. The summed E-state index contributed by atoms with van der Waals surface area (Å²) < 4.78 is 4.96. The van der Waals surface area contributed by atoms with Crippen LogP contribution >= 0.6 is 11.6 Å². The highest BCUT2D eigenvalue weighted by molar-refractivity contribution is 6.30. The number of rotatable bonds is 5. The van der Waals surface area contributed by atoms with Gasteiger partial charge in [-0.1, -0.05) is 11.6 Å². The van der Waals surface area contributed by atoms with Crippen molar-refractivity contribution in [3.05, 3.63) is 53.3 Å². The molecule has 136 valence electrons. The van der Waals surface area contributed by atoms with Crippen LogP contribution in [0.25, 0.3) is 0 Å². The lowest BCUT2D eigenvalue weighted by Gasteiger charge is -2.28. The maximum Gasteiger partial charge on any atom is 0.357 e. The molecule has 1 aliphatic rings. The predicted octanol–water partition coefficient (Wildman–Crippen LogP) is 3.52. The van der Waals surface area contributed by atoms with E-state index in [9.17, 15) is 9.59 Å². The van der Waals surface area contributed by atoms with Crippen molar-refractivity contribution in [1.82, 2.24) is 4.98 Å². The molecule has 0 radical (unpaired) electrons. The molecular formula is C19H20ClN3O3. The van der Waals surface area contributed by atoms with Crippen molar-refractivity contribution < 1.29 is 14.3 Å². The van der Waals surface area contributed by atoms with E-state index in [1.165, 1.54) is 31.5 Å². The summed E-state index contributed by atoms with van der Waals surface area (Å²) in [7, 11) is 0.